The molecule has 1 aromatic carbocycles. The summed E-state index contributed by atoms with van der Waals surface area (Å²) >= 11 is 0. The minimum atomic E-state index is -0.494. The number of aromatic nitrogens is 1. The van der Waals surface area contributed by atoms with Crippen LogP contribution in [0.3, 0.4) is 0 Å². The summed E-state index contributed by atoms with van der Waals surface area (Å²) in [7, 11) is 0. The van der Waals surface area contributed by atoms with Crippen molar-refractivity contribution in [2.24, 2.45) is 5.73 Å². The molecule has 1 amide bonds. The molecule has 3 N–H and O–H groups in total. The van der Waals surface area contributed by atoms with Gasteiger partial charge in [-0.2, -0.15) is 5.26 Å². The van der Waals surface area contributed by atoms with Crippen molar-refractivity contribution >= 4 is 11.7 Å². The van der Waals surface area contributed by atoms with Crippen LogP contribution in [0.2, 0.25) is 0 Å². The van der Waals surface area contributed by atoms with Crippen molar-refractivity contribution < 1.29 is 4.79 Å². The molecule has 2 rings (SSSR count). The molecule has 2 aromatic rings. The summed E-state index contributed by atoms with van der Waals surface area (Å²) in [5.74, 6) is 0.167. The van der Waals surface area contributed by atoms with Crippen LogP contribution in [-0.4, -0.2) is 10.9 Å². The lowest BCUT2D eigenvalue weighted by Gasteiger charge is -2.06. The zero-order valence-corrected chi connectivity index (χ0v) is 10.1. The van der Waals surface area contributed by atoms with Gasteiger partial charge in [-0.25, -0.2) is 4.98 Å². The summed E-state index contributed by atoms with van der Waals surface area (Å²) in [6.07, 6.45) is 1.43. The van der Waals surface area contributed by atoms with Gasteiger partial charge < -0.3 is 11.1 Å². The maximum atomic E-state index is 10.9. The zero-order chi connectivity index (χ0) is 13.7. The molecular formula is C14H12N4O. The lowest BCUT2D eigenvalue weighted by Crippen LogP contribution is -2.11. The smallest absolute Gasteiger partial charge is 0.250 e. The van der Waals surface area contributed by atoms with Crippen LogP contribution in [0.1, 0.15) is 21.5 Å². The van der Waals surface area contributed by atoms with Crippen molar-refractivity contribution in [3.05, 3.63) is 59.3 Å². The number of nitriles is 1. The molecule has 1 aromatic heterocycles. The van der Waals surface area contributed by atoms with E-state index in [0.29, 0.717) is 23.5 Å². The number of nitrogens with one attached hydrogen (secondary N) is 1. The lowest BCUT2D eigenvalue weighted by molar-refractivity contribution is 0.1000. The van der Waals surface area contributed by atoms with Crippen molar-refractivity contribution in [1.29, 1.82) is 5.26 Å². The number of anilines is 1. The number of hydrogen-bond acceptors (Lipinski definition) is 4. The first-order valence-corrected chi connectivity index (χ1v) is 5.68. The second-order valence-electron chi connectivity index (χ2n) is 3.96. The van der Waals surface area contributed by atoms with Gasteiger partial charge in [0.05, 0.1) is 17.2 Å². The highest BCUT2D eigenvalue weighted by atomic mass is 16.1. The molecule has 1 heterocycles. The van der Waals surface area contributed by atoms with Gasteiger partial charge in [-0.3, -0.25) is 4.79 Å². The van der Waals surface area contributed by atoms with Gasteiger partial charge in [0.15, 0.2) is 0 Å². The maximum Gasteiger partial charge on any atom is 0.250 e. The van der Waals surface area contributed by atoms with Crippen LogP contribution in [0.5, 0.6) is 0 Å². The molecule has 0 aliphatic carbocycles. The molecule has 0 unspecified atom stereocenters. The standard InChI is InChI=1S/C14H12N4O/c15-7-10-1-3-11(4-2-10)8-17-13-6-5-12(9-18-13)14(16)19/h1-6,9H,8H2,(H2,16,19)(H,17,18). The molecule has 94 valence electrons. The molecule has 0 fully saturated rings. The van der Waals surface area contributed by atoms with Crippen molar-refractivity contribution in [3.63, 3.8) is 0 Å². The fourth-order valence-electron chi connectivity index (χ4n) is 1.53. The van der Waals surface area contributed by atoms with Crippen molar-refractivity contribution in [2.75, 3.05) is 5.32 Å². The predicted molar refractivity (Wildman–Crippen MR) is 71.2 cm³/mol. The van der Waals surface area contributed by atoms with Gasteiger partial charge in [-0.05, 0) is 29.8 Å². The molecule has 0 aliphatic rings. The van der Waals surface area contributed by atoms with Crippen LogP contribution in [0.25, 0.3) is 0 Å². The van der Waals surface area contributed by atoms with E-state index in [1.165, 1.54) is 6.20 Å². The van der Waals surface area contributed by atoms with Gasteiger partial charge in [-0.15, -0.1) is 0 Å². The highest BCUT2D eigenvalue weighted by Crippen LogP contribution is 2.08. The predicted octanol–water partition coefficient (Wildman–Crippen LogP) is 1.66. The second-order valence-corrected chi connectivity index (χ2v) is 3.96. The van der Waals surface area contributed by atoms with Crippen LogP contribution in [-0.2, 0) is 6.54 Å². The summed E-state index contributed by atoms with van der Waals surface area (Å²) in [6.45, 7) is 0.592. The van der Waals surface area contributed by atoms with Gasteiger partial charge in [-0.1, -0.05) is 12.1 Å². The Labute approximate surface area is 110 Å². The second kappa shape index (κ2) is 5.65. The van der Waals surface area contributed by atoms with E-state index in [4.69, 9.17) is 11.0 Å². The lowest BCUT2D eigenvalue weighted by atomic mass is 10.1. The highest BCUT2D eigenvalue weighted by molar-refractivity contribution is 5.92. The first kappa shape index (κ1) is 12.6. The number of amides is 1. The van der Waals surface area contributed by atoms with Crippen molar-refractivity contribution in [3.8, 4) is 6.07 Å². The third-order valence-corrected chi connectivity index (χ3v) is 2.60. The first-order valence-electron chi connectivity index (χ1n) is 5.68. The third-order valence-electron chi connectivity index (χ3n) is 2.60. The van der Waals surface area contributed by atoms with Crippen molar-refractivity contribution in [2.45, 2.75) is 6.54 Å². The topological polar surface area (TPSA) is 91.8 Å². The largest absolute Gasteiger partial charge is 0.366 e. The van der Waals surface area contributed by atoms with E-state index in [0.717, 1.165) is 5.56 Å². The summed E-state index contributed by atoms with van der Waals surface area (Å²) < 4.78 is 0. The summed E-state index contributed by atoms with van der Waals surface area (Å²) in [4.78, 5) is 15.0. The normalized spacial score (nSPS) is 9.63. The van der Waals surface area contributed by atoms with Gasteiger partial charge in [0.1, 0.15) is 5.82 Å². The van der Waals surface area contributed by atoms with Gasteiger partial charge >= 0.3 is 0 Å². The number of benzene rings is 1. The summed E-state index contributed by atoms with van der Waals surface area (Å²) in [6, 6.07) is 12.7. The Bertz CT molecular complexity index is 611. The molecule has 5 heteroatoms. The average Bonchev–Trinajstić information content (AvgIpc) is 2.46. The minimum absolute atomic E-state index is 0.379. The van der Waals surface area contributed by atoms with E-state index in [2.05, 4.69) is 16.4 Å². The number of carbonyl (C=O) groups excluding carboxylic acids is 1. The van der Waals surface area contributed by atoms with Crippen LogP contribution >= 0.6 is 0 Å². The van der Waals surface area contributed by atoms with E-state index in [1.807, 2.05) is 12.1 Å². The number of nitrogens with two attached hydrogens (primary N) is 1. The number of nitrogens with zero attached hydrogens (tertiary/aromatic N) is 2. The average molecular weight is 252 g/mol. The highest BCUT2D eigenvalue weighted by Gasteiger charge is 2.01. The fourth-order valence-corrected chi connectivity index (χ4v) is 1.53. The van der Waals surface area contributed by atoms with Gasteiger partial charge in [0.2, 0.25) is 5.91 Å². The van der Waals surface area contributed by atoms with Gasteiger partial charge in [0.25, 0.3) is 0 Å². The van der Waals surface area contributed by atoms with Crippen LogP contribution in [0.15, 0.2) is 42.6 Å². The van der Waals surface area contributed by atoms with E-state index in [-0.39, 0.29) is 0 Å². The summed E-state index contributed by atoms with van der Waals surface area (Å²) in [5, 5.41) is 11.8. The zero-order valence-electron chi connectivity index (χ0n) is 10.1. The molecule has 19 heavy (non-hydrogen) atoms. The molecular weight excluding hydrogens is 240 g/mol. The number of primary amides is 1. The number of pyridine rings is 1. The Hall–Kier alpha value is -2.87. The monoisotopic (exact) mass is 252 g/mol. The fraction of sp³-hybridized carbons (Fsp3) is 0.0714. The number of carbonyl (C=O) groups is 1. The molecule has 0 aliphatic heterocycles. The van der Waals surface area contributed by atoms with E-state index in [9.17, 15) is 4.79 Å². The van der Waals surface area contributed by atoms with E-state index < -0.39 is 5.91 Å². The van der Waals surface area contributed by atoms with Crippen LogP contribution in [0, 0.1) is 11.3 Å². The third kappa shape index (κ3) is 3.30. The van der Waals surface area contributed by atoms with Gasteiger partial charge in [0, 0.05) is 12.7 Å². The van der Waals surface area contributed by atoms with E-state index >= 15 is 0 Å². The number of rotatable bonds is 4. The molecule has 5 nitrogen and oxygen atoms in total. The molecule has 0 atom stereocenters. The first-order chi connectivity index (χ1) is 9.19. The minimum Gasteiger partial charge on any atom is -0.366 e. The summed E-state index contributed by atoms with van der Waals surface area (Å²) in [5.41, 5.74) is 7.18. The Kier molecular flexibility index (Phi) is 3.74. The Morgan fingerprint density at radius 3 is 2.53 bits per heavy atom. The maximum absolute atomic E-state index is 10.9. The Morgan fingerprint density at radius 2 is 2.00 bits per heavy atom. The van der Waals surface area contributed by atoms with Crippen LogP contribution < -0.4 is 11.1 Å². The Morgan fingerprint density at radius 1 is 1.26 bits per heavy atom. The Balaban J connectivity index is 1.98. The molecule has 0 bridgehead atoms. The molecule has 0 saturated heterocycles. The van der Waals surface area contributed by atoms with E-state index in [1.54, 1.807) is 24.3 Å². The quantitative estimate of drug-likeness (QED) is 0.865. The number of hydrogen-bond donors (Lipinski definition) is 2. The van der Waals surface area contributed by atoms with Crippen LogP contribution in [0.4, 0.5) is 5.82 Å². The molecule has 0 radical (unpaired) electrons. The molecule has 0 spiro atoms. The van der Waals surface area contributed by atoms with Crippen molar-refractivity contribution in [1.82, 2.24) is 4.98 Å². The molecule has 0 saturated carbocycles. The SMILES string of the molecule is N#Cc1ccc(CNc2ccc(C(N)=O)cn2)cc1.